The largest absolute Gasteiger partial charge is 0.462 e. The van der Waals surface area contributed by atoms with E-state index in [2.05, 4.69) is 20.6 Å². The molecule has 0 aliphatic rings. The molecule has 0 unspecified atom stereocenters. The van der Waals surface area contributed by atoms with E-state index in [0.29, 0.717) is 6.67 Å². The maximum atomic E-state index is 12.5. The molecule has 27 heavy (non-hydrogen) atoms. The molecule has 3 aromatic heterocycles. The van der Waals surface area contributed by atoms with Crippen molar-refractivity contribution in [2.24, 2.45) is 7.05 Å². The van der Waals surface area contributed by atoms with Gasteiger partial charge in [0.2, 0.25) is 0 Å². The van der Waals surface area contributed by atoms with E-state index in [1.165, 1.54) is 10.9 Å². The first-order valence-corrected chi connectivity index (χ1v) is 8.44. The van der Waals surface area contributed by atoms with Crippen LogP contribution < -0.4 is 5.32 Å². The Hall–Kier alpha value is -3.43. The molecule has 0 aliphatic heterocycles. The number of hydrogen-bond donors (Lipinski definition) is 1. The maximum absolute atomic E-state index is 12.5. The molecule has 0 aliphatic carbocycles. The zero-order chi connectivity index (χ0) is 19.6. The Bertz CT molecular complexity index is 983. The minimum absolute atomic E-state index is 0.190. The molecule has 10 heteroatoms. The third-order valence-corrected chi connectivity index (χ3v) is 3.92. The molecule has 0 radical (unpaired) electrons. The van der Waals surface area contributed by atoms with Gasteiger partial charge < -0.3 is 10.1 Å². The minimum atomic E-state index is -0.545. The van der Waals surface area contributed by atoms with Gasteiger partial charge in [-0.1, -0.05) is 0 Å². The molecule has 0 spiro atoms. The molecule has 1 N–H and O–H groups in total. The fraction of sp³-hybridized carbons (Fsp3) is 0.353. The van der Waals surface area contributed by atoms with Crippen LogP contribution in [0.15, 0.2) is 24.5 Å². The second-order valence-electron chi connectivity index (χ2n) is 6.01. The van der Waals surface area contributed by atoms with Crippen molar-refractivity contribution in [2.45, 2.75) is 27.4 Å². The highest BCUT2D eigenvalue weighted by molar-refractivity contribution is 6.06. The summed E-state index contributed by atoms with van der Waals surface area (Å²) < 4.78 is 9.79. The van der Waals surface area contributed by atoms with E-state index in [0.717, 1.165) is 11.4 Å². The summed E-state index contributed by atoms with van der Waals surface area (Å²) in [5, 5.41) is 15.3. The summed E-state index contributed by atoms with van der Waals surface area (Å²) >= 11 is 0. The van der Waals surface area contributed by atoms with Gasteiger partial charge in [0.1, 0.15) is 18.1 Å². The number of esters is 1. The molecule has 0 atom stereocenters. The number of ether oxygens (including phenoxy) is 1. The molecule has 0 aromatic carbocycles. The molecule has 0 bridgehead atoms. The predicted molar refractivity (Wildman–Crippen MR) is 96.4 cm³/mol. The number of nitrogens with one attached hydrogen (secondary N) is 1. The third-order valence-electron chi connectivity index (χ3n) is 3.92. The quantitative estimate of drug-likeness (QED) is 0.656. The second kappa shape index (κ2) is 7.44. The highest BCUT2D eigenvalue weighted by Gasteiger charge is 2.20. The first kappa shape index (κ1) is 18.4. The smallest absolute Gasteiger partial charge is 0.343 e. The second-order valence-corrected chi connectivity index (χ2v) is 6.01. The molecular formula is C17H21N7O3. The predicted octanol–water partition coefficient (Wildman–Crippen LogP) is 1.36. The Morgan fingerprint density at radius 2 is 2.04 bits per heavy atom. The van der Waals surface area contributed by atoms with Gasteiger partial charge in [0.05, 0.1) is 18.5 Å². The van der Waals surface area contributed by atoms with Crippen molar-refractivity contribution in [3.8, 4) is 0 Å². The molecule has 0 fully saturated rings. The average Bonchev–Trinajstić information content (AvgIpc) is 3.29. The van der Waals surface area contributed by atoms with Gasteiger partial charge in [0.25, 0.3) is 5.91 Å². The van der Waals surface area contributed by atoms with Crippen LogP contribution in [0, 0.1) is 13.8 Å². The van der Waals surface area contributed by atoms with Crippen LogP contribution >= 0.6 is 0 Å². The van der Waals surface area contributed by atoms with Crippen molar-refractivity contribution >= 4 is 17.7 Å². The zero-order valence-electron chi connectivity index (χ0n) is 15.6. The maximum Gasteiger partial charge on any atom is 0.343 e. The molecule has 3 aromatic rings. The topological polar surface area (TPSA) is 109 Å². The Balaban J connectivity index is 1.74. The lowest BCUT2D eigenvalue weighted by Gasteiger charge is -2.07. The Morgan fingerprint density at radius 1 is 1.26 bits per heavy atom. The molecule has 142 valence electrons. The van der Waals surface area contributed by atoms with E-state index in [-0.39, 0.29) is 23.7 Å². The van der Waals surface area contributed by atoms with Crippen molar-refractivity contribution in [3.05, 3.63) is 47.2 Å². The number of aromatic nitrogens is 6. The van der Waals surface area contributed by atoms with Crippen LogP contribution in [-0.4, -0.2) is 47.8 Å². The summed E-state index contributed by atoms with van der Waals surface area (Å²) in [6.45, 7) is 6.21. The lowest BCUT2D eigenvalue weighted by Crippen LogP contribution is -2.19. The number of aryl methyl sites for hydroxylation is 3. The molecule has 10 nitrogen and oxygen atoms in total. The van der Waals surface area contributed by atoms with Crippen LogP contribution in [0.5, 0.6) is 0 Å². The average molecular weight is 371 g/mol. The van der Waals surface area contributed by atoms with Crippen LogP contribution in [0.25, 0.3) is 0 Å². The van der Waals surface area contributed by atoms with Crippen molar-refractivity contribution in [3.63, 3.8) is 0 Å². The minimum Gasteiger partial charge on any atom is -0.462 e. The van der Waals surface area contributed by atoms with Crippen LogP contribution in [0.1, 0.15) is 39.2 Å². The number of nitrogens with zero attached hydrogens (tertiary/aromatic N) is 6. The van der Waals surface area contributed by atoms with E-state index in [1.807, 2.05) is 19.9 Å². The Morgan fingerprint density at radius 3 is 2.70 bits per heavy atom. The van der Waals surface area contributed by atoms with Crippen molar-refractivity contribution in [1.29, 1.82) is 0 Å². The molecular weight excluding hydrogens is 350 g/mol. The van der Waals surface area contributed by atoms with Crippen LogP contribution in [0.3, 0.4) is 0 Å². The summed E-state index contributed by atoms with van der Waals surface area (Å²) in [5.41, 5.74) is 2.32. The lowest BCUT2D eigenvalue weighted by molar-refractivity contribution is 0.0527. The normalized spacial score (nSPS) is 10.8. The Labute approximate surface area is 155 Å². The molecule has 0 saturated carbocycles. The van der Waals surface area contributed by atoms with Gasteiger partial charge in [-0.25, -0.2) is 9.48 Å². The zero-order valence-corrected chi connectivity index (χ0v) is 15.6. The summed E-state index contributed by atoms with van der Waals surface area (Å²) in [5.74, 6) is -0.737. The van der Waals surface area contributed by atoms with Gasteiger partial charge in [0, 0.05) is 18.9 Å². The number of carbonyl (C=O) groups is 2. The SMILES string of the molecule is CCOC(=O)c1cnn(C)c1NC(=O)c1ccn(Cn2nc(C)cc2C)n1. The number of amides is 1. The number of rotatable bonds is 6. The summed E-state index contributed by atoms with van der Waals surface area (Å²) in [6.07, 6.45) is 3.05. The van der Waals surface area contributed by atoms with E-state index in [9.17, 15) is 9.59 Å². The van der Waals surface area contributed by atoms with E-state index in [1.54, 1.807) is 35.6 Å². The summed E-state index contributed by atoms with van der Waals surface area (Å²) in [6, 6.07) is 3.57. The first-order valence-electron chi connectivity index (χ1n) is 8.44. The molecule has 0 saturated heterocycles. The van der Waals surface area contributed by atoms with Crippen LogP contribution in [0.2, 0.25) is 0 Å². The summed E-state index contributed by atoms with van der Waals surface area (Å²) in [4.78, 5) is 24.5. The number of hydrogen-bond acceptors (Lipinski definition) is 6. The van der Waals surface area contributed by atoms with Crippen molar-refractivity contribution in [1.82, 2.24) is 29.3 Å². The first-order chi connectivity index (χ1) is 12.9. The van der Waals surface area contributed by atoms with Crippen LogP contribution in [-0.2, 0) is 18.5 Å². The monoisotopic (exact) mass is 371 g/mol. The number of anilines is 1. The van der Waals surface area contributed by atoms with Gasteiger partial charge >= 0.3 is 5.97 Å². The van der Waals surface area contributed by atoms with Gasteiger partial charge in [0.15, 0.2) is 5.69 Å². The van der Waals surface area contributed by atoms with Gasteiger partial charge in [-0.2, -0.15) is 15.3 Å². The fourth-order valence-corrected chi connectivity index (χ4v) is 2.63. The molecule has 3 heterocycles. The van der Waals surface area contributed by atoms with Gasteiger partial charge in [-0.05, 0) is 32.9 Å². The third kappa shape index (κ3) is 3.89. The standard InChI is InChI=1S/C17H21N7O3/c1-5-27-17(26)13-9-18-22(4)15(13)19-16(25)14-6-7-23(21-14)10-24-12(3)8-11(2)20-24/h6-9H,5,10H2,1-4H3,(H,19,25). The fourth-order valence-electron chi connectivity index (χ4n) is 2.63. The van der Waals surface area contributed by atoms with Gasteiger partial charge in [-0.3, -0.25) is 14.2 Å². The van der Waals surface area contributed by atoms with Crippen molar-refractivity contribution in [2.75, 3.05) is 11.9 Å². The van der Waals surface area contributed by atoms with Gasteiger partial charge in [-0.15, -0.1) is 0 Å². The molecule has 1 amide bonds. The highest BCUT2D eigenvalue weighted by Crippen LogP contribution is 2.16. The Kier molecular flexibility index (Phi) is 5.06. The number of carbonyl (C=O) groups excluding carboxylic acids is 2. The highest BCUT2D eigenvalue weighted by atomic mass is 16.5. The van der Waals surface area contributed by atoms with Crippen LogP contribution in [0.4, 0.5) is 5.82 Å². The lowest BCUT2D eigenvalue weighted by atomic mass is 10.3. The van der Waals surface area contributed by atoms with E-state index < -0.39 is 11.9 Å². The molecule has 3 rings (SSSR count). The van der Waals surface area contributed by atoms with E-state index in [4.69, 9.17) is 4.74 Å². The summed E-state index contributed by atoms with van der Waals surface area (Å²) in [7, 11) is 1.62. The van der Waals surface area contributed by atoms with E-state index >= 15 is 0 Å². The van der Waals surface area contributed by atoms with Crippen molar-refractivity contribution < 1.29 is 14.3 Å².